The summed E-state index contributed by atoms with van der Waals surface area (Å²) in [6, 6.07) is 4.42. The molecular formula is C20H30N2O. The lowest BCUT2D eigenvalue weighted by molar-refractivity contribution is -0.146. The molecule has 3 rings (SSSR count). The van der Waals surface area contributed by atoms with Crippen LogP contribution >= 0.6 is 0 Å². The van der Waals surface area contributed by atoms with E-state index in [4.69, 9.17) is 0 Å². The molecule has 2 aliphatic rings. The standard InChI is InChI=1S/C20H30N2O/c1-12-10-14-15(11-13(12)2)17(23)22-16(14)18(3,4)21(9)19(5,6)20(22,7)8/h10-11,16H,1-9H3. The van der Waals surface area contributed by atoms with E-state index in [0.717, 1.165) is 5.56 Å². The van der Waals surface area contributed by atoms with E-state index in [1.54, 1.807) is 0 Å². The Labute approximate surface area is 140 Å². The van der Waals surface area contributed by atoms with Gasteiger partial charge in [-0.2, -0.15) is 0 Å². The van der Waals surface area contributed by atoms with Crippen molar-refractivity contribution in [3.63, 3.8) is 0 Å². The number of fused-ring (bicyclic) bond motifs is 3. The van der Waals surface area contributed by atoms with Gasteiger partial charge in [0.25, 0.3) is 5.91 Å². The molecule has 1 aromatic rings. The zero-order valence-electron chi connectivity index (χ0n) is 16.0. The van der Waals surface area contributed by atoms with Gasteiger partial charge in [-0.25, -0.2) is 0 Å². The fourth-order valence-corrected chi connectivity index (χ4v) is 4.52. The minimum Gasteiger partial charge on any atom is -0.323 e. The smallest absolute Gasteiger partial charge is 0.255 e. The Kier molecular flexibility index (Phi) is 3.15. The van der Waals surface area contributed by atoms with Crippen molar-refractivity contribution in [2.45, 2.75) is 78.0 Å². The Morgan fingerprint density at radius 3 is 2.00 bits per heavy atom. The number of hydrogen-bond acceptors (Lipinski definition) is 2. The number of hydrogen-bond donors (Lipinski definition) is 0. The minimum absolute atomic E-state index is 0.0947. The number of aryl methyl sites for hydroxylation is 2. The highest BCUT2D eigenvalue weighted by Gasteiger charge is 2.63. The lowest BCUT2D eigenvalue weighted by Gasteiger charge is -2.65. The number of carbonyl (C=O) groups is 1. The van der Waals surface area contributed by atoms with Crippen LogP contribution in [0.15, 0.2) is 12.1 Å². The van der Waals surface area contributed by atoms with Gasteiger partial charge < -0.3 is 4.90 Å². The van der Waals surface area contributed by atoms with Crippen molar-refractivity contribution in [2.24, 2.45) is 0 Å². The third-order valence-electron chi connectivity index (χ3n) is 7.14. The molecule has 2 aliphatic heterocycles. The normalized spacial score (nSPS) is 27.8. The van der Waals surface area contributed by atoms with Crippen LogP contribution in [0.4, 0.5) is 0 Å². The second-order valence-electron chi connectivity index (χ2n) is 8.93. The van der Waals surface area contributed by atoms with Gasteiger partial charge in [0.15, 0.2) is 0 Å². The molecule has 0 aromatic heterocycles. The number of benzene rings is 1. The highest BCUT2D eigenvalue weighted by atomic mass is 16.2. The predicted molar refractivity (Wildman–Crippen MR) is 94.8 cm³/mol. The predicted octanol–water partition coefficient (Wildman–Crippen LogP) is 4.08. The monoisotopic (exact) mass is 314 g/mol. The topological polar surface area (TPSA) is 23.6 Å². The number of rotatable bonds is 0. The maximum atomic E-state index is 13.3. The summed E-state index contributed by atoms with van der Waals surface area (Å²) in [5, 5.41) is 0. The molecule has 1 aromatic carbocycles. The van der Waals surface area contributed by atoms with Crippen LogP contribution in [0, 0.1) is 13.8 Å². The molecule has 0 N–H and O–H groups in total. The first-order chi connectivity index (χ1) is 10.3. The minimum atomic E-state index is -0.250. The zero-order chi connectivity index (χ0) is 17.5. The van der Waals surface area contributed by atoms with E-state index in [2.05, 4.69) is 84.4 Å². The van der Waals surface area contributed by atoms with E-state index < -0.39 is 0 Å². The third kappa shape index (κ3) is 1.77. The Hall–Kier alpha value is -1.35. The van der Waals surface area contributed by atoms with Crippen LogP contribution < -0.4 is 0 Å². The van der Waals surface area contributed by atoms with Crippen LogP contribution in [0.1, 0.15) is 74.6 Å². The van der Waals surface area contributed by atoms with Gasteiger partial charge in [-0.15, -0.1) is 0 Å². The van der Waals surface area contributed by atoms with E-state index in [-0.39, 0.29) is 28.6 Å². The molecule has 1 amide bonds. The maximum Gasteiger partial charge on any atom is 0.255 e. The fraction of sp³-hybridized carbons (Fsp3) is 0.650. The van der Waals surface area contributed by atoms with Gasteiger partial charge in [-0.05, 0) is 85.2 Å². The molecule has 1 unspecified atom stereocenters. The summed E-state index contributed by atoms with van der Waals surface area (Å²) < 4.78 is 0. The quantitative estimate of drug-likeness (QED) is 0.720. The van der Waals surface area contributed by atoms with E-state index in [9.17, 15) is 4.79 Å². The maximum absolute atomic E-state index is 13.3. The molecule has 1 saturated heterocycles. The average Bonchev–Trinajstić information content (AvgIpc) is 2.71. The summed E-state index contributed by atoms with van der Waals surface area (Å²) in [6.45, 7) is 17.7. The van der Waals surface area contributed by atoms with Crippen LogP contribution in [-0.2, 0) is 0 Å². The zero-order valence-corrected chi connectivity index (χ0v) is 16.0. The van der Waals surface area contributed by atoms with Gasteiger partial charge in [-0.1, -0.05) is 6.07 Å². The van der Waals surface area contributed by atoms with E-state index >= 15 is 0 Å². The molecule has 0 radical (unpaired) electrons. The van der Waals surface area contributed by atoms with E-state index in [1.165, 1.54) is 16.7 Å². The van der Waals surface area contributed by atoms with Crippen molar-refractivity contribution >= 4 is 5.91 Å². The molecule has 3 nitrogen and oxygen atoms in total. The van der Waals surface area contributed by atoms with Crippen molar-refractivity contribution in [1.29, 1.82) is 0 Å². The summed E-state index contributed by atoms with van der Waals surface area (Å²) in [5.74, 6) is 0.187. The van der Waals surface area contributed by atoms with Crippen molar-refractivity contribution < 1.29 is 4.79 Å². The SMILES string of the molecule is Cc1cc2c(cc1C)C1N(C2=O)C(C)(C)C(C)(C)N(C)C1(C)C. The highest BCUT2D eigenvalue weighted by molar-refractivity contribution is 6.00. The van der Waals surface area contributed by atoms with Gasteiger partial charge in [0.2, 0.25) is 0 Å². The number of carbonyl (C=O) groups excluding carboxylic acids is 1. The van der Waals surface area contributed by atoms with E-state index in [0.29, 0.717) is 0 Å². The van der Waals surface area contributed by atoms with Gasteiger partial charge in [0, 0.05) is 16.6 Å². The van der Waals surface area contributed by atoms with Crippen molar-refractivity contribution in [3.05, 3.63) is 34.4 Å². The molecule has 2 heterocycles. The number of amides is 1. The van der Waals surface area contributed by atoms with Gasteiger partial charge in [-0.3, -0.25) is 9.69 Å². The molecule has 3 heteroatoms. The third-order valence-corrected chi connectivity index (χ3v) is 7.14. The van der Waals surface area contributed by atoms with Gasteiger partial charge in [0.05, 0.1) is 11.6 Å². The first kappa shape index (κ1) is 16.5. The molecule has 0 bridgehead atoms. The van der Waals surface area contributed by atoms with Crippen LogP contribution in [0.5, 0.6) is 0 Å². The summed E-state index contributed by atoms with van der Waals surface area (Å²) in [6.07, 6.45) is 0. The van der Waals surface area contributed by atoms with Crippen LogP contribution in [0.3, 0.4) is 0 Å². The summed E-state index contributed by atoms with van der Waals surface area (Å²) in [4.78, 5) is 17.9. The first-order valence-corrected chi connectivity index (χ1v) is 8.54. The summed E-state index contributed by atoms with van der Waals surface area (Å²) >= 11 is 0. The second kappa shape index (κ2) is 4.38. The van der Waals surface area contributed by atoms with E-state index in [1.807, 2.05) is 0 Å². The molecule has 1 atom stereocenters. The summed E-state index contributed by atoms with van der Waals surface area (Å²) in [5.41, 5.74) is 4.06. The van der Waals surface area contributed by atoms with Gasteiger partial charge >= 0.3 is 0 Å². The van der Waals surface area contributed by atoms with Crippen molar-refractivity contribution in [3.8, 4) is 0 Å². The molecule has 23 heavy (non-hydrogen) atoms. The molecule has 0 saturated carbocycles. The fourth-order valence-electron chi connectivity index (χ4n) is 4.52. The largest absolute Gasteiger partial charge is 0.323 e. The Bertz CT molecular complexity index is 700. The second-order valence-corrected chi connectivity index (χ2v) is 8.93. The Balaban J connectivity index is 2.31. The van der Waals surface area contributed by atoms with Crippen LogP contribution in [0.25, 0.3) is 0 Å². The Morgan fingerprint density at radius 2 is 1.43 bits per heavy atom. The lowest BCUT2D eigenvalue weighted by Crippen LogP contribution is -2.76. The lowest BCUT2D eigenvalue weighted by atomic mass is 9.70. The average molecular weight is 314 g/mol. The van der Waals surface area contributed by atoms with Gasteiger partial charge in [0.1, 0.15) is 0 Å². The molecule has 0 aliphatic carbocycles. The van der Waals surface area contributed by atoms with Crippen molar-refractivity contribution in [2.75, 3.05) is 7.05 Å². The molecule has 126 valence electrons. The van der Waals surface area contributed by atoms with Crippen LogP contribution in [0.2, 0.25) is 0 Å². The summed E-state index contributed by atoms with van der Waals surface area (Å²) in [7, 11) is 2.20. The molecule has 0 spiro atoms. The van der Waals surface area contributed by atoms with Crippen molar-refractivity contribution in [1.82, 2.24) is 9.80 Å². The number of likely N-dealkylation sites (N-methyl/N-ethyl adjacent to an activating group) is 1. The number of nitrogens with zero attached hydrogens (tertiary/aromatic N) is 2. The van der Waals surface area contributed by atoms with Crippen LogP contribution in [-0.4, -0.2) is 39.4 Å². The molecule has 1 fully saturated rings. The molecular weight excluding hydrogens is 284 g/mol. The highest BCUT2D eigenvalue weighted by Crippen LogP contribution is 2.55. The first-order valence-electron chi connectivity index (χ1n) is 8.54. The Morgan fingerprint density at radius 1 is 0.913 bits per heavy atom. The number of piperazine rings is 1.